The molecule has 0 spiro atoms. The number of halogens is 1. The van der Waals surface area contributed by atoms with Crippen LogP contribution in [0.2, 0.25) is 0 Å². The Bertz CT molecular complexity index is 773. The number of amides is 1. The molecule has 6 heteroatoms. The van der Waals surface area contributed by atoms with Crippen LogP contribution in [0.25, 0.3) is 0 Å². The number of likely N-dealkylation sites (N-methyl/N-ethyl adjacent to an activating group) is 1. The van der Waals surface area contributed by atoms with Crippen LogP contribution in [0.4, 0.5) is 4.39 Å². The van der Waals surface area contributed by atoms with E-state index in [2.05, 4.69) is 25.9 Å². The zero-order valence-electron chi connectivity index (χ0n) is 15.8. The van der Waals surface area contributed by atoms with Crippen LogP contribution in [-0.4, -0.2) is 40.8 Å². The number of hydrogen-bond acceptors (Lipinski definition) is 3. The van der Waals surface area contributed by atoms with Gasteiger partial charge in [0.2, 0.25) is 0 Å². The van der Waals surface area contributed by atoms with E-state index in [-0.39, 0.29) is 17.3 Å². The summed E-state index contributed by atoms with van der Waals surface area (Å²) >= 11 is 0. The van der Waals surface area contributed by atoms with E-state index >= 15 is 0 Å². The fraction of sp³-hybridized carbons (Fsp3) is 0.500. The SMILES string of the molecule is CN(CCOc1ccc(F)cc1)C(=O)c1cc(C2CC2)n(C(C)(C)C)n1. The van der Waals surface area contributed by atoms with Crippen molar-refractivity contribution in [3.8, 4) is 5.75 Å². The molecule has 0 radical (unpaired) electrons. The highest BCUT2D eigenvalue weighted by atomic mass is 19.1. The van der Waals surface area contributed by atoms with Gasteiger partial charge in [-0.25, -0.2) is 4.39 Å². The maximum atomic E-state index is 12.9. The van der Waals surface area contributed by atoms with E-state index in [0.29, 0.717) is 30.5 Å². The third-order valence-electron chi connectivity index (χ3n) is 4.44. The standard InChI is InChI=1S/C20H26FN3O2/c1-20(2,3)24-18(14-5-6-14)13-17(22-24)19(25)23(4)11-12-26-16-9-7-15(21)8-10-16/h7-10,13-14H,5-6,11-12H2,1-4H3. The van der Waals surface area contributed by atoms with Crippen LogP contribution in [0.15, 0.2) is 30.3 Å². The largest absolute Gasteiger partial charge is 0.492 e. The molecule has 1 fully saturated rings. The van der Waals surface area contributed by atoms with Gasteiger partial charge in [0.15, 0.2) is 5.69 Å². The molecule has 26 heavy (non-hydrogen) atoms. The van der Waals surface area contributed by atoms with Gasteiger partial charge in [-0.05, 0) is 63.9 Å². The van der Waals surface area contributed by atoms with Crippen molar-refractivity contribution in [1.29, 1.82) is 0 Å². The molecule has 1 aliphatic rings. The van der Waals surface area contributed by atoms with Gasteiger partial charge in [0.05, 0.1) is 12.1 Å². The Kier molecular flexibility index (Phi) is 5.03. The molecule has 1 aromatic heterocycles. The molecule has 0 saturated heterocycles. The third kappa shape index (κ3) is 4.23. The maximum Gasteiger partial charge on any atom is 0.274 e. The molecule has 1 heterocycles. The fourth-order valence-electron chi connectivity index (χ4n) is 2.84. The number of carbonyl (C=O) groups excluding carboxylic acids is 1. The zero-order valence-corrected chi connectivity index (χ0v) is 15.8. The van der Waals surface area contributed by atoms with Gasteiger partial charge in [-0.2, -0.15) is 5.10 Å². The smallest absolute Gasteiger partial charge is 0.274 e. The number of carbonyl (C=O) groups is 1. The van der Waals surface area contributed by atoms with Crippen molar-refractivity contribution in [2.75, 3.05) is 20.2 Å². The lowest BCUT2D eigenvalue weighted by molar-refractivity contribution is 0.0766. The van der Waals surface area contributed by atoms with Crippen LogP contribution in [0.1, 0.15) is 55.7 Å². The summed E-state index contributed by atoms with van der Waals surface area (Å²) in [5, 5.41) is 4.58. The van der Waals surface area contributed by atoms with Gasteiger partial charge in [-0.1, -0.05) is 0 Å². The summed E-state index contributed by atoms with van der Waals surface area (Å²) in [4.78, 5) is 14.3. The highest BCUT2D eigenvalue weighted by Gasteiger charge is 2.33. The summed E-state index contributed by atoms with van der Waals surface area (Å²) in [6.07, 6.45) is 2.33. The minimum Gasteiger partial charge on any atom is -0.492 e. The van der Waals surface area contributed by atoms with Crippen molar-refractivity contribution >= 4 is 5.91 Å². The molecular formula is C20H26FN3O2. The van der Waals surface area contributed by atoms with Gasteiger partial charge in [-0.3, -0.25) is 9.48 Å². The second-order valence-electron chi connectivity index (χ2n) is 7.84. The van der Waals surface area contributed by atoms with Gasteiger partial charge in [0.25, 0.3) is 5.91 Å². The quantitative estimate of drug-likeness (QED) is 0.788. The van der Waals surface area contributed by atoms with Crippen molar-refractivity contribution in [1.82, 2.24) is 14.7 Å². The number of benzene rings is 1. The Morgan fingerprint density at radius 3 is 2.54 bits per heavy atom. The van der Waals surface area contributed by atoms with Crippen LogP contribution < -0.4 is 4.74 Å². The molecule has 1 amide bonds. The molecule has 0 atom stereocenters. The molecule has 1 aliphatic carbocycles. The first-order valence-corrected chi connectivity index (χ1v) is 9.00. The van der Waals surface area contributed by atoms with Crippen molar-refractivity contribution in [3.63, 3.8) is 0 Å². The molecule has 1 aromatic carbocycles. The van der Waals surface area contributed by atoms with E-state index in [4.69, 9.17) is 4.74 Å². The van der Waals surface area contributed by atoms with E-state index < -0.39 is 0 Å². The van der Waals surface area contributed by atoms with E-state index in [1.807, 2.05) is 10.7 Å². The van der Waals surface area contributed by atoms with Gasteiger partial charge >= 0.3 is 0 Å². The summed E-state index contributed by atoms with van der Waals surface area (Å²) in [5.74, 6) is 0.693. The Balaban J connectivity index is 1.62. The summed E-state index contributed by atoms with van der Waals surface area (Å²) in [5.41, 5.74) is 1.48. The molecule has 0 unspecified atom stereocenters. The predicted molar refractivity (Wildman–Crippen MR) is 98.1 cm³/mol. The first-order valence-electron chi connectivity index (χ1n) is 9.00. The second kappa shape index (κ2) is 7.09. The van der Waals surface area contributed by atoms with Crippen LogP contribution in [0.5, 0.6) is 5.75 Å². The first-order chi connectivity index (χ1) is 12.3. The molecule has 5 nitrogen and oxygen atoms in total. The Hall–Kier alpha value is -2.37. The third-order valence-corrected chi connectivity index (χ3v) is 4.44. The summed E-state index contributed by atoms with van der Waals surface area (Å²) in [6, 6.07) is 7.78. The molecule has 140 valence electrons. The average Bonchev–Trinajstić information content (AvgIpc) is 3.33. The van der Waals surface area contributed by atoms with Crippen molar-refractivity contribution < 1.29 is 13.9 Å². The highest BCUT2D eigenvalue weighted by molar-refractivity contribution is 5.92. The molecule has 3 rings (SSSR count). The number of aromatic nitrogens is 2. The van der Waals surface area contributed by atoms with E-state index in [9.17, 15) is 9.18 Å². The van der Waals surface area contributed by atoms with Gasteiger partial charge < -0.3 is 9.64 Å². The Morgan fingerprint density at radius 1 is 1.31 bits per heavy atom. The summed E-state index contributed by atoms with van der Waals surface area (Å²) < 4.78 is 20.4. The van der Waals surface area contributed by atoms with Crippen molar-refractivity contribution in [3.05, 3.63) is 47.5 Å². The molecule has 0 N–H and O–H groups in total. The Morgan fingerprint density at radius 2 is 1.96 bits per heavy atom. The first kappa shape index (κ1) is 18.4. The summed E-state index contributed by atoms with van der Waals surface area (Å²) in [7, 11) is 1.74. The van der Waals surface area contributed by atoms with Gasteiger partial charge in [0.1, 0.15) is 18.2 Å². The zero-order chi connectivity index (χ0) is 18.9. The predicted octanol–water partition coefficient (Wildman–Crippen LogP) is 3.81. The molecule has 1 saturated carbocycles. The van der Waals surface area contributed by atoms with Crippen molar-refractivity contribution in [2.24, 2.45) is 0 Å². The van der Waals surface area contributed by atoms with Crippen LogP contribution >= 0.6 is 0 Å². The molecule has 0 bridgehead atoms. The molecule has 2 aromatic rings. The minimum atomic E-state index is -0.300. The van der Waals surface area contributed by atoms with E-state index in [1.165, 1.54) is 12.1 Å². The fourth-order valence-corrected chi connectivity index (χ4v) is 2.84. The summed E-state index contributed by atoms with van der Waals surface area (Å²) in [6.45, 7) is 7.06. The van der Waals surface area contributed by atoms with Crippen LogP contribution in [0.3, 0.4) is 0 Å². The molecule has 0 aliphatic heterocycles. The van der Waals surface area contributed by atoms with E-state index in [1.54, 1.807) is 24.1 Å². The number of hydrogen-bond donors (Lipinski definition) is 0. The van der Waals surface area contributed by atoms with E-state index in [0.717, 1.165) is 18.5 Å². The number of rotatable bonds is 6. The van der Waals surface area contributed by atoms with Crippen molar-refractivity contribution in [2.45, 2.75) is 45.1 Å². The Labute approximate surface area is 153 Å². The number of nitrogens with zero attached hydrogens (tertiary/aromatic N) is 3. The second-order valence-corrected chi connectivity index (χ2v) is 7.84. The van der Waals surface area contributed by atoms with Crippen LogP contribution in [-0.2, 0) is 5.54 Å². The highest BCUT2D eigenvalue weighted by Crippen LogP contribution is 2.41. The average molecular weight is 359 g/mol. The molecular weight excluding hydrogens is 333 g/mol. The van der Waals surface area contributed by atoms with Crippen LogP contribution in [0, 0.1) is 5.82 Å². The lowest BCUT2D eigenvalue weighted by Crippen LogP contribution is -2.32. The number of ether oxygens (including phenoxy) is 1. The lowest BCUT2D eigenvalue weighted by Gasteiger charge is -2.22. The maximum absolute atomic E-state index is 12.9. The topological polar surface area (TPSA) is 47.4 Å². The minimum absolute atomic E-state index is 0.113. The van der Waals surface area contributed by atoms with Gasteiger partial charge in [-0.15, -0.1) is 0 Å². The lowest BCUT2D eigenvalue weighted by atomic mass is 10.1. The monoisotopic (exact) mass is 359 g/mol. The van der Waals surface area contributed by atoms with Gasteiger partial charge in [0, 0.05) is 18.7 Å². The normalized spacial score (nSPS) is 14.3.